The van der Waals surface area contributed by atoms with Crippen LogP contribution >= 0.6 is 11.3 Å². The highest BCUT2D eigenvalue weighted by Gasteiger charge is 2.14. The third-order valence-corrected chi connectivity index (χ3v) is 3.55. The van der Waals surface area contributed by atoms with Gasteiger partial charge in [0.15, 0.2) is 5.69 Å². The number of esters is 1. The zero-order valence-electron chi connectivity index (χ0n) is 10.2. The van der Waals surface area contributed by atoms with Crippen molar-refractivity contribution in [2.24, 2.45) is 0 Å². The fraction of sp³-hybridized carbons (Fsp3) is 0.154. The Labute approximate surface area is 113 Å². The van der Waals surface area contributed by atoms with Crippen molar-refractivity contribution in [3.05, 3.63) is 35.6 Å². The summed E-state index contributed by atoms with van der Waals surface area (Å²) in [6, 6.07) is 3.84. The van der Waals surface area contributed by atoms with E-state index in [4.69, 9.17) is 4.74 Å². The van der Waals surface area contributed by atoms with Crippen LogP contribution in [0.25, 0.3) is 21.6 Å². The molecule has 0 aliphatic heterocycles. The minimum Gasteiger partial charge on any atom is -0.461 e. The minimum atomic E-state index is -0.385. The van der Waals surface area contributed by atoms with E-state index >= 15 is 0 Å². The Morgan fingerprint density at radius 3 is 3.21 bits per heavy atom. The summed E-state index contributed by atoms with van der Waals surface area (Å²) in [5, 5.41) is 3.49. The Balaban J connectivity index is 2.03. The molecule has 0 spiro atoms. The van der Waals surface area contributed by atoms with Gasteiger partial charge < -0.3 is 9.72 Å². The van der Waals surface area contributed by atoms with Crippen LogP contribution in [0.5, 0.6) is 0 Å². The van der Waals surface area contributed by atoms with Gasteiger partial charge in [-0.15, -0.1) is 11.3 Å². The summed E-state index contributed by atoms with van der Waals surface area (Å²) >= 11 is 1.42. The second kappa shape index (κ2) is 4.81. The first-order chi connectivity index (χ1) is 9.29. The van der Waals surface area contributed by atoms with E-state index < -0.39 is 0 Å². The molecular weight excluding hydrogens is 262 g/mol. The number of carbonyl (C=O) groups is 1. The first kappa shape index (κ1) is 11.9. The molecule has 3 rings (SSSR count). The van der Waals surface area contributed by atoms with Crippen LogP contribution in [-0.4, -0.2) is 27.5 Å². The number of carbonyl (C=O) groups excluding carboxylic acids is 1. The third kappa shape index (κ3) is 2.10. The van der Waals surface area contributed by atoms with Crippen LogP contribution in [0.1, 0.15) is 17.4 Å². The number of thiazole rings is 1. The van der Waals surface area contributed by atoms with Gasteiger partial charge in [0.2, 0.25) is 0 Å². The highest BCUT2D eigenvalue weighted by atomic mass is 32.1. The van der Waals surface area contributed by atoms with Crippen molar-refractivity contribution in [1.82, 2.24) is 15.0 Å². The molecule has 5 nitrogen and oxygen atoms in total. The van der Waals surface area contributed by atoms with Crippen LogP contribution in [0.2, 0.25) is 0 Å². The van der Waals surface area contributed by atoms with E-state index in [0.717, 1.165) is 21.6 Å². The molecule has 0 saturated heterocycles. The molecule has 1 N–H and O–H groups in total. The van der Waals surface area contributed by atoms with Crippen LogP contribution in [0, 0.1) is 0 Å². The number of aromatic amines is 1. The van der Waals surface area contributed by atoms with Crippen molar-refractivity contribution in [3.63, 3.8) is 0 Å². The SMILES string of the molecule is CCOC(=O)c1csc(-c2ccnc3[nH]ccc23)n1. The van der Waals surface area contributed by atoms with Crippen molar-refractivity contribution >= 4 is 28.3 Å². The lowest BCUT2D eigenvalue weighted by molar-refractivity contribution is 0.0520. The van der Waals surface area contributed by atoms with E-state index in [1.165, 1.54) is 11.3 Å². The number of hydrogen-bond acceptors (Lipinski definition) is 5. The van der Waals surface area contributed by atoms with Crippen LogP contribution in [0.4, 0.5) is 0 Å². The van der Waals surface area contributed by atoms with Crippen LogP contribution in [0.3, 0.4) is 0 Å². The summed E-state index contributed by atoms with van der Waals surface area (Å²) in [6.07, 6.45) is 3.56. The van der Waals surface area contributed by atoms with Gasteiger partial charge in [0, 0.05) is 28.7 Å². The first-order valence-electron chi connectivity index (χ1n) is 5.84. The molecule has 96 valence electrons. The Hall–Kier alpha value is -2.21. The largest absolute Gasteiger partial charge is 0.461 e. The number of rotatable bonds is 3. The van der Waals surface area contributed by atoms with Gasteiger partial charge >= 0.3 is 5.97 Å². The average Bonchev–Trinajstić information content (AvgIpc) is 3.07. The Morgan fingerprint density at radius 2 is 2.37 bits per heavy atom. The van der Waals surface area contributed by atoms with Gasteiger partial charge in [-0.1, -0.05) is 0 Å². The maximum atomic E-state index is 11.6. The summed E-state index contributed by atoms with van der Waals surface area (Å²) in [5.74, 6) is -0.385. The van der Waals surface area contributed by atoms with E-state index in [9.17, 15) is 4.79 Å². The summed E-state index contributed by atoms with van der Waals surface area (Å²) in [6.45, 7) is 2.13. The average molecular weight is 273 g/mol. The van der Waals surface area contributed by atoms with Crippen LogP contribution < -0.4 is 0 Å². The zero-order valence-corrected chi connectivity index (χ0v) is 11.0. The Kier molecular flexibility index (Phi) is 3.00. The van der Waals surface area contributed by atoms with Crippen molar-refractivity contribution in [1.29, 1.82) is 0 Å². The van der Waals surface area contributed by atoms with Crippen LogP contribution in [0.15, 0.2) is 29.9 Å². The quantitative estimate of drug-likeness (QED) is 0.745. The Bertz CT molecular complexity index is 732. The summed E-state index contributed by atoms with van der Waals surface area (Å²) in [7, 11) is 0. The number of nitrogens with zero attached hydrogens (tertiary/aromatic N) is 2. The van der Waals surface area contributed by atoms with E-state index in [-0.39, 0.29) is 5.97 Å². The predicted molar refractivity (Wildman–Crippen MR) is 73.2 cm³/mol. The summed E-state index contributed by atoms with van der Waals surface area (Å²) in [5.41, 5.74) is 2.12. The lowest BCUT2D eigenvalue weighted by atomic mass is 10.2. The van der Waals surface area contributed by atoms with E-state index in [1.807, 2.05) is 18.3 Å². The second-order valence-electron chi connectivity index (χ2n) is 3.86. The number of hydrogen-bond donors (Lipinski definition) is 1. The number of fused-ring (bicyclic) bond motifs is 1. The van der Waals surface area contributed by atoms with Gasteiger partial charge in [-0.05, 0) is 19.1 Å². The van der Waals surface area contributed by atoms with Gasteiger partial charge in [-0.25, -0.2) is 14.8 Å². The van der Waals surface area contributed by atoms with E-state index in [0.29, 0.717) is 12.3 Å². The first-order valence-corrected chi connectivity index (χ1v) is 6.72. The van der Waals surface area contributed by atoms with E-state index in [1.54, 1.807) is 18.5 Å². The van der Waals surface area contributed by atoms with Crippen molar-refractivity contribution in [3.8, 4) is 10.6 Å². The molecule has 0 atom stereocenters. The van der Waals surface area contributed by atoms with Gasteiger partial charge in [0.1, 0.15) is 10.7 Å². The molecule has 0 aliphatic rings. The topological polar surface area (TPSA) is 67.9 Å². The standard InChI is InChI=1S/C13H11N3O2S/c1-2-18-13(17)10-7-19-12(16-10)9-4-6-15-11-8(9)3-5-14-11/h3-7H,2H2,1H3,(H,14,15). The highest BCUT2D eigenvalue weighted by molar-refractivity contribution is 7.13. The molecule has 3 aromatic heterocycles. The molecule has 0 aliphatic carbocycles. The molecule has 3 heterocycles. The van der Waals surface area contributed by atoms with Crippen LogP contribution in [-0.2, 0) is 4.74 Å². The normalized spacial score (nSPS) is 10.8. The lowest BCUT2D eigenvalue weighted by Crippen LogP contribution is -2.04. The molecule has 0 fully saturated rings. The molecule has 0 aromatic carbocycles. The molecule has 0 saturated carbocycles. The summed E-state index contributed by atoms with van der Waals surface area (Å²) < 4.78 is 4.94. The van der Waals surface area contributed by atoms with Gasteiger partial charge in [0.25, 0.3) is 0 Å². The third-order valence-electron chi connectivity index (χ3n) is 2.68. The van der Waals surface area contributed by atoms with Gasteiger partial charge in [-0.2, -0.15) is 0 Å². The van der Waals surface area contributed by atoms with Gasteiger partial charge in [0.05, 0.1) is 6.61 Å². The molecule has 0 radical (unpaired) electrons. The maximum Gasteiger partial charge on any atom is 0.357 e. The molecule has 0 bridgehead atoms. The van der Waals surface area contributed by atoms with Crippen molar-refractivity contribution in [2.45, 2.75) is 6.92 Å². The predicted octanol–water partition coefficient (Wildman–Crippen LogP) is 2.86. The molecule has 6 heteroatoms. The van der Waals surface area contributed by atoms with Gasteiger partial charge in [-0.3, -0.25) is 0 Å². The number of aromatic nitrogens is 3. The number of nitrogens with one attached hydrogen (secondary N) is 1. The minimum absolute atomic E-state index is 0.349. The Morgan fingerprint density at radius 1 is 1.47 bits per heavy atom. The smallest absolute Gasteiger partial charge is 0.357 e. The molecule has 0 amide bonds. The highest BCUT2D eigenvalue weighted by Crippen LogP contribution is 2.29. The van der Waals surface area contributed by atoms with Crippen molar-refractivity contribution < 1.29 is 9.53 Å². The molecule has 19 heavy (non-hydrogen) atoms. The maximum absolute atomic E-state index is 11.6. The molecule has 3 aromatic rings. The molecular formula is C13H11N3O2S. The summed E-state index contributed by atoms with van der Waals surface area (Å²) in [4.78, 5) is 23.2. The molecule has 0 unspecified atom stereocenters. The zero-order chi connectivity index (χ0) is 13.2. The number of ether oxygens (including phenoxy) is 1. The monoisotopic (exact) mass is 273 g/mol. The lowest BCUT2D eigenvalue weighted by Gasteiger charge is -1.98. The van der Waals surface area contributed by atoms with Crippen molar-refractivity contribution in [2.75, 3.05) is 6.61 Å². The fourth-order valence-corrected chi connectivity index (χ4v) is 2.67. The fourth-order valence-electron chi connectivity index (χ4n) is 1.84. The number of H-pyrrole nitrogens is 1. The number of pyridine rings is 1. The second-order valence-corrected chi connectivity index (χ2v) is 4.71. The van der Waals surface area contributed by atoms with E-state index in [2.05, 4.69) is 15.0 Å².